The summed E-state index contributed by atoms with van der Waals surface area (Å²) in [5, 5.41) is 7.34. The van der Waals surface area contributed by atoms with Gasteiger partial charge < -0.3 is 15.5 Å². The van der Waals surface area contributed by atoms with Gasteiger partial charge in [0.1, 0.15) is 15.7 Å². The fourth-order valence-electron chi connectivity index (χ4n) is 1.57. The van der Waals surface area contributed by atoms with E-state index >= 15 is 0 Å². The molecule has 0 atom stereocenters. The summed E-state index contributed by atoms with van der Waals surface area (Å²) in [7, 11) is 5.86. The number of hydrogen-bond acceptors (Lipinski definition) is 6. The van der Waals surface area contributed by atoms with Crippen molar-refractivity contribution >= 4 is 33.9 Å². The maximum absolute atomic E-state index is 11.9. The highest BCUT2D eigenvalue weighted by molar-refractivity contribution is 7.11. The molecular formula is C12H21ClN4OS. The number of aromatic nitrogens is 1. The molecule has 1 heterocycles. The molecule has 0 aliphatic heterocycles. The van der Waals surface area contributed by atoms with Crippen LogP contribution in [0.15, 0.2) is 0 Å². The van der Waals surface area contributed by atoms with Crippen LogP contribution in [0.1, 0.15) is 23.3 Å². The van der Waals surface area contributed by atoms with Crippen LogP contribution in [0.4, 0.5) is 5.00 Å². The molecule has 7 heteroatoms. The number of nitrogens with one attached hydrogen (secondary N) is 2. The number of ketones is 1. The summed E-state index contributed by atoms with van der Waals surface area (Å²) in [6, 6.07) is 0. The Morgan fingerprint density at radius 3 is 2.74 bits per heavy atom. The number of carbonyl (C=O) groups is 1. The highest BCUT2D eigenvalue weighted by Gasteiger charge is 2.17. The number of hydrogen-bond donors (Lipinski definition) is 2. The predicted octanol–water partition coefficient (Wildman–Crippen LogP) is 1.95. The van der Waals surface area contributed by atoms with E-state index in [-0.39, 0.29) is 5.78 Å². The number of halogens is 1. The Bertz CT molecular complexity index is 408. The minimum Gasteiger partial charge on any atom is -0.377 e. The summed E-state index contributed by atoms with van der Waals surface area (Å²) in [6.07, 6.45) is 1.50. The molecule has 5 nitrogen and oxygen atoms in total. The molecule has 0 bridgehead atoms. The smallest absolute Gasteiger partial charge is 0.185 e. The van der Waals surface area contributed by atoms with E-state index in [0.29, 0.717) is 23.7 Å². The lowest BCUT2D eigenvalue weighted by Crippen LogP contribution is -2.23. The van der Waals surface area contributed by atoms with E-state index in [2.05, 4.69) is 19.9 Å². The summed E-state index contributed by atoms with van der Waals surface area (Å²) in [5.74, 6) is -0.0112. The van der Waals surface area contributed by atoms with Crippen LogP contribution >= 0.6 is 23.1 Å². The second kappa shape index (κ2) is 8.47. The normalized spacial score (nSPS) is 11.0. The van der Waals surface area contributed by atoms with Crippen LogP contribution in [0, 0.1) is 0 Å². The minimum absolute atomic E-state index is 0.0112. The Kier molecular flexibility index (Phi) is 7.30. The van der Waals surface area contributed by atoms with E-state index < -0.39 is 0 Å². The molecular weight excluding hydrogens is 284 g/mol. The van der Waals surface area contributed by atoms with E-state index in [4.69, 9.17) is 11.6 Å². The van der Waals surface area contributed by atoms with Crippen molar-refractivity contribution in [3.05, 3.63) is 10.7 Å². The summed E-state index contributed by atoms with van der Waals surface area (Å²) in [6.45, 7) is 2.62. The summed E-state index contributed by atoms with van der Waals surface area (Å²) >= 11 is 7.27. The molecule has 108 valence electrons. The van der Waals surface area contributed by atoms with Gasteiger partial charge in [-0.15, -0.1) is 0 Å². The van der Waals surface area contributed by atoms with Crippen molar-refractivity contribution in [2.45, 2.75) is 12.8 Å². The van der Waals surface area contributed by atoms with Crippen molar-refractivity contribution in [1.29, 1.82) is 0 Å². The van der Waals surface area contributed by atoms with Gasteiger partial charge in [-0.2, -0.15) is 4.37 Å². The fourth-order valence-corrected chi connectivity index (χ4v) is 2.61. The fraction of sp³-hybridized carbons (Fsp3) is 0.667. The van der Waals surface area contributed by atoms with E-state index in [1.807, 2.05) is 14.1 Å². The molecule has 2 N–H and O–H groups in total. The SMILES string of the molecule is CNc1snc(C(=O)CCNCCCN(C)C)c1Cl. The maximum atomic E-state index is 11.9. The summed E-state index contributed by atoms with van der Waals surface area (Å²) in [5.41, 5.74) is 0.381. The topological polar surface area (TPSA) is 57.3 Å². The molecule has 0 amide bonds. The second-order valence-corrected chi connectivity index (χ2v) is 5.66. The van der Waals surface area contributed by atoms with Crippen LogP contribution in [0.2, 0.25) is 5.02 Å². The first-order valence-corrected chi connectivity index (χ1v) is 7.43. The number of Topliss-reactive ketones (excluding diaryl/α,β-unsaturated/α-hetero) is 1. The molecule has 0 unspecified atom stereocenters. The average molecular weight is 305 g/mol. The third-order valence-electron chi connectivity index (χ3n) is 2.61. The third kappa shape index (κ3) is 5.44. The van der Waals surface area contributed by atoms with Gasteiger partial charge in [0.15, 0.2) is 5.78 Å². The van der Waals surface area contributed by atoms with Crippen LogP contribution in [-0.2, 0) is 0 Å². The zero-order valence-electron chi connectivity index (χ0n) is 11.6. The Hall–Kier alpha value is -0.690. The minimum atomic E-state index is -0.0112. The maximum Gasteiger partial charge on any atom is 0.185 e. The standard InChI is InChI=1S/C12H21ClN4OS/c1-14-12-10(13)11(16-19-12)9(18)5-7-15-6-4-8-17(2)3/h14-15H,4-8H2,1-3H3. The monoisotopic (exact) mass is 304 g/mol. The first kappa shape index (κ1) is 16.4. The van der Waals surface area contributed by atoms with E-state index in [0.717, 1.165) is 24.5 Å². The van der Waals surface area contributed by atoms with Crippen LogP contribution in [0.3, 0.4) is 0 Å². The Morgan fingerprint density at radius 2 is 2.16 bits per heavy atom. The molecule has 19 heavy (non-hydrogen) atoms. The van der Waals surface area contributed by atoms with Crippen LogP contribution in [0.25, 0.3) is 0 Å². The Morgan fingerprint density at radius 1 is 1.42 bits per heavy atom. The number of anilines is 1. The molecule has 1 aromatic heterocycles. The molecule has 1 aromatic rings. The van der Waals surface area contributed by atoms with Gasteiger partial charge in [-0.1, -0.05) is 11.6 Å². The highest BCUT2D eigenvalue weighted by atomic mass is 35.5. The largest absolute Gasteiger partial charge is 0.377 e. The zero-order valence-corrected chi connectivity index (χ0v) is 13.2. The lowest BCUT2D eigenvalue weighted by Gasteiger charge is -2.09. The molecule has 0 aliphatic carbocycles. The molecule has 0 aromatic carbocycles. The Labute approximate surface area is 123 Å². The lowest BCUT2D eigenvalue weighted by atomic mass is 10.2. The Balaban J connectivity index is 2.26. The molecule has 1 rings (SSSR count). The van der Waals surface area contributed by atoms with Crippen molar-refractivity contribution in [3.63, 3.8) is 0 Å². The lowest BCUT2D eigenvalue weighted by molar-refractivity contribution is 0.0979. The van der Waals surface area contributed by atoms with Gasteiger partial charge in [0.2, 0.25) is 0 Å². The quantitative estimate of drug-likeness (QED) is 0.539. The van der Waals surface area contributed by atoms with Gasteiger partial charge in [0, 0.05) is 20.0 Å². The van der Waals surface area contributed by atoms with Crippen molar-refractivity contribution in [2.75, 3.05) is 46.1 Å². The van der Waals surface area contributed by atoms with E-state index in [1.54, 1.807) is 7.05 Å². The van der Waals surface area contributed by atoms with Gasteiger partial charge >= 0.3 is 0 Å². The highest BCUT2D eigenvalue weighted by Crippen LogP contribution is 2.30. The second-order valence-electron chi connectivity index (χ2n) is 4.50. The molecule has 0 radical (unpaired) electrons. The summed E-state index contributed by atoms with van der Waals surface area (Å²) in [4.78, 5) is 14.1. The van der Waals surface area contributed by atoms with E-state index in [1.165, 1.54) is 11.5 Å². The van der Waals surface area contributed by atoms with Gasteiger partial charge in [-0.25, -0.2) is 0 Å². The molecule has 0 saturated heterocycles. The van der Waals surface area contributed by atoms with Crippen LogP contribution in [-0.4, -0.2) is 55.8 Å². The zero-order chi connectivity index (χ0) is 14.3. The molecule has 0 aliphatic rings. The van der Waals surface area contributed by atoms with Crippen molar-refractivity contribution in [1.82, 2.24) is 14.6 Å². The van der Waals surface area contributed by atoms with Crippen LogP contribution in [0.5, 0.6) is 0 Å². The molecule has 0 saturated carbocycles. The van der Waals surface area contributed by atoms with Crippen LogP contribution < -0.4 is 10.6 Å². The third-order valence-corrected chi connectivity index (χ3v) is 3.96. The predicted molar refractivity (Wildman–Crippen MR) is 81.7 cm³/mol. The first-order valence-electron chi connectivity index (χ1n) is 6.27. The number of nitrogens with zero attached hydrogens (tertiary/aromatic N) is 2. The molecule has 0 fully saturated rings. The van der Waals surface area contributed by atoms with Crippen molar-refractivity contribution in [3.8, 4) is 0 Å². The van der Waals surface area contributed by atoms with E-state index in [9.17, 15) is 4.79 Å². The van der Waals surface area contributed by atoms with Gasteiger partial charge in [0.05, 0.1) is 0 Å². The van der Waals surface area contributed by atoms with Gasteiger partial charge in [-0.05, 0) is 45.1 Å². The van der Waals surface area contributed by atoms with Crippen molar-refractivity contribution in [2.24, 2.45) is 0 Å². The average Bonchev–Trinajstić information content (AvgIpc) is 2.74. The van der Waals surface area contributed by atoms with Gasteiger partial charge in [0.25, 0.3) is 0 Å². The number of carbonyl (C=O) groups excluding carboxylic acids is 1. The first-order chi connectivity index (χ1) is 9.06. The number of rotatable bonds is 9. The summed E-state index contributed by atoms with van der Waals surface area (Å²) < 4.78 is 4.09. The van der Waals surface area contributed by atoms with Gasteiger partial charge in [-0.3, -0.25) is 4.79 Å². The van der Waals surface area contributed by atoms with Crippen molar-refractivity contribution < 1.29 is 4.79 Å². The molecule has 0 spiro atoms.